The molecule has 2 N–H and O–H groups in total. The van der Waals surface area contributed by atoms with Gasteiger partial charge >= 0.3 is 12.1 Å². The fraction of sp³-hybridized carbons (Fsp3) is 0.400. The maximum Gasteiger partial charge on any atom is 0.412 e. The number of amides is 2. The third-order valence-corrected chi connectivity index (χ3v) is 1.06. The molecule has 0 aliphatic carbocycles. The molecule has 6 heteroatoms. The van der Waals surface area contributed by atoms with E-state index < -0.39 is 18.1 Å². The first kappa shape index (κ1) is 7.52. The average Bonchev–Trinajstić information content (AvgIpc) is 2.10. The van der Waals surface area contributed by atoms with Gasteiger partial charge in [-0.25, -0.2) is 10.1 Å². The van der Waals surface area contributed by atoms with Gasteiger partial charge in [0.25, 0.3) is 5.91 Å². The van der Waals surface area contributed by atoms with Gasteiger partial charge in [0.2, 0.25) is 0 Å². The van der Waals surface area contributed by atoms with Crippen molar-refractivity contribution < 1.29 is 19.4 Å². The molecule has 0 spiro atoms. The first-order chi connectivity index (χ1) is 5.09. The fourth-order valence-electron chi connectivity index (χ4n) is 0.584. The van der Waals surface area contributed by atoms with Crippen LogP contribution < -0.4 is 5.32 Å². The smallest absolute Gasteiger partial charge is 0.412 e. The lowest BCUT2D eigenvalue weighted by Gasteiger charge is -2.01. The maximum atomic E-state index is 10.6. The Morgan fingerprint density at radius 2 is 2.45 bits per heavy atom. The minimum absolute atomic E-state index is 0.255. The molecule has 1 atom stereocenters. The molecule has 0 radical (unpaired) electrons. The Hall–Kier alpha value is -1.59. The van der Waals surface area contributed by atoms with Crippen molar-refractivity contribution in [2.75, 3.05) is 0 Å². The van der Waals surface area contributed by atoms with Gasteiger partial charge in [-0.05, 0) is 6.92 Å². The maximum absolute atomic E-state index is 10.6. The SMILES string of the molecule is CC1OC(NC(=O)O)=NC1=O. The van der Waals surface area contributed by atoms with Crippen molar-refractivity contribution in [3.05, 3.63) is 0 Å². The van der Waals surface area contributed by atoms with E-state index in [2.05, 4.69) is 4.99 Å². The van der Waals surface area contributed by atoms with Crippen molar-refractivity contribution >= 4 is 18.0 Å². The molecule has 0 bridgehead atoms. The fourth-order valence-corrected chi connectivity index (χ4v) is 0.584. The molecule has 60 valence electrons. The Morgan fingerprint density at radius 1 is 1.82 bits per heavy atom. The van der Waals surface area contributed by atoms with Crippen molar-refractivity contribution in [3.8, 4) is 0 Å². The van der Waals surface area contributed by atoms with Crippen LogP contribution in [0.25, 0.3) is 0 Å². The van der Waals surface area contributed by atoms with Gasteiger partial charge in [-0.15, -0.1) is 0 Å². The van der Waals surface area contributed by atoms with Crippen molar-refractivity contribution in [2.24, 2.45) is 4.99 Å². The van der Waals surface area contributed by atoms with Gasteiger partial charge in [-0.1, -0.05) is 0 Å². The Labute approximate surface area is 61.9 Å². The lowest BCUT2D eigenvalue weighted by Crippen LogP contribution is -2.29. The van der Waals surface area contributed by atoms with E-state index in [-0.39, 0.29) is 6.02 Å². The minimum Gasteiger partial charge on any atom is -0.465 e. The van der Waals surface area contributed by atoms with Crippen LogP contribution >= 0.6 is 0 Å². The third kappa shape index (κ3) is 1.66. The van der Waals surface area contributed by atoms with E-state index in [1.165, 1.54) is 6.92 Å². The zero-order valence-corrected chi connectivity index (χ0v) is 5.70. The number of nitrogens with one attached hydrogen (secondary N) is 1. The molecule has 2 amide bonds. The van der Waals surface area contributed by atoms with Gasteiger partial charge in [0, 0.05) is 0 Å². The van der Waals surface area contributed by atoms with E-state index in [9.17, 15) is 9.59 Å². The molecule has 1 aliphatic rings. The van der Waals surface area contributed by atoms with Crippen LogP contribution in [0.3, 0.4) is 0 Å². The van der Waals surface area contributed by atoms with Gasteiger partial charge in [0.1, 0.15) is 0 Å². The summed E-state index contributed by atoms with van der Waals surface area (Å²) in [6.07, 6.45) is -1.98. The molecule has 0 aromatic rings. The summed E-state index contributed by atoms with van der Waals surface area (Å²) < 4.78 is 4.69. The second-order valence-electron chi connectivity index (χ2n) is 1.95. The normalized spacial score (nSPS) is 22.5. The van der Waals surface area contributed by atoms with Gasteiger partial charge < -0.3 is 9.84 Å². The molecule has 1 rings (SSSR count). The van der Waals surface area contributed by atoms with Crippen LogP contribution in [0.5, 0.6) is 0 Å². The van der Waals surface area contributed by atoms with Crippen molar-refractivity contribution in [3.63, 3.8) is 0 Å². The minimum atomic E-state index is -1.30. The van der Waals surface area contributed by atoms with Crippen LogP contribution in [0, 0.1) is 0 Å². The van der Waals surface area contributed by atoms with E-state index in [0.717, 1.165) is 0 Å². The van der Waals surface area contributed by atoms with Gasteiger partial charge in [0.15, 0.2) is 6.10 Å². The van der Waals surface area contributed by atoms with E-state index in [4.69, 9.17) is 9.84 Å². The molecule has 6 nitrogen and oxygen atoms in total. The molecule has 0 saturated carbocycles. The van der Waals surface area contributed by atoms with Crippen molar-refractivity contribution in [2.45, 2.75) is 13.0 Å². The Balaban J connectivity index is 2.57. The predicted molar refractivity (Wildman–Crippen MR) is 34.1 cm³/mol. The van der Waals surface area contributed by atoms with Crippen molar-refractivity contribution in [1.29, 1.82) is 0 Å². The quantitative estimate of drug-likeness (QED) is 0.500. The summed E-state index contributed by atoms with van der Waals surface area (Å²) in [5.41, 5.74) is 0. The van der Waals surface area contributed by atoms with Gasteiger partial charge in [0.05, 0.1) is 0 Å². The summed E-state index contributed by atoms with van der Waals surface area (Å²) in [7, 11) is 0. The van der Waals surface area contributed by atoms with E-state index in [1.807, 2.05) is 5.32 Å². The molecule has 0 aromatic heterocycles. The lowest BCUT2D eigenvalue weighted by atomic mass is 10.4. The predicted octanol–water partition coefficient (Wildman–Crippen LogP) is -0.445. The van der Waals surface area contributed by atoms with E-state index in [0.29, 0.717) is 0 Å². The highest BCUT2D eigenvalue weighted by Gasteiger charge is 2.25. The van der Waals surface area contributed by atoms with Crippen LogP contribution in [0.15, 0.2) is 4.99 Å². The molecular formula is C5H6N2O4. The first-order valence-electron chi connectivity index (χ1n) is 2.88. The largest absolute Gasteiger partial charge is 0.465 e. The van der Waals surface area contributed by atoms with Gasteiger partial charge in [-0.3, -0.25) is 4.79 Å². The molecule has 0 saturated heterocycles. The summed E-state index contributed by atoms with van der Waals surface area (Å²) in [6, 6.07) is -0.255. The Kier molecular flexibility index (Phi) is 1.75. The van der Waals surface area contributed by atoms with Crippen LogP contribution in [-0.2, 0) is 9.53 Å². The van der Waals surface area contributed by atoms with Crippen molar-refractivity contribution in [1.82, 2.24) is 5.32 Å². The first-order valence-corrected chi connectivity index (χ1v) is 2.88. The van der Waals surface area contributed by atoms with Crippen LogP contribution in [0.4, 0.5) is 4.79 Å². The molecule has 1 heterocycles. The van der Waals surface area contributed by atoms with Crippen LogP contribution in [0.1, 0.15) is 6.92 Å². The molecular weight excluding hydrogens is 152 g/mol. The topological polar surface area (TPSA) is 88.0 Å². The Bertz CT molecular complexity index is 235. The van der Waals surface area contributed by atoms with Crippen LogP contribution in [-0.4, -0.2) is 29.2 Å². The van der Waals surface area contributed by atoms with Gasteiger partial charge in [-0.2, -0.15) is 4.99 Å². The summed E-state index contributed by atoms with van der Waals surface area (Å²) >= 11 is 0. The summed E-state index contributed by atoms with van der Waals surface area (Å²) in [5.74, 6) is -0.478. The number of carbonyl (C=O) groups is 2. The molecule has 1 unspecified atom stereocenters. The molecule has 0 fully saturated rings. The lowest BCUT2D eigenvalue weighted by molar-refractivity contribution is -0.122. The molecule has 11 heavy (non-hydrogen) atoms. The standard InChI is InChI=1S/C5H6N2O4/c1-2-3(8)6-4(11-2)7-5(9)10/h2H,1H3,(H,9,10)(H,6,7,8). The number of rotatable bonds is 0. The monoisotopic (exact) mass is 158 g/mol. The number of aliphatic imine (C=N–C) groups is 1. The number of nitrogens with zero attached hydrogens (tertiary/aromatic N) is 1. The molecule has 1 aliphatic heterocycles. The number of ether oxygens (including phenoxy) is 1. The zero-order chi connectivity index (χ0) is 8.43. The number of amidine groups is 1. The van der Waals surface area contributed by atoms with Crippen LogP contribution in [0.2, 0.25) is 0 Å². The second-order valence-corrected chi connectivity index (χ2v) is 1.95. The highest BCUT2D eigenvalue weighted by molar-refractivity contribution is 6.02. The number of carbonyl (C=O) groups excluding carboxylic acids is 1. The number of hydrogen-bond donors (Lipinski definition) is 2. The van der Waals surface area contributed by atoms with E-state index in [1.54, 1.807) is 0 Å². The zero-order valence-electron chi connectivity index (χ0n) is 5.70. The molecule has 0 aromatic carbocycles. The Morgan fingerprint density at radius 3 is 2.82 bits per heavy atom. The average molecular weight is 158 g/mol. The third-order valence-electron chi connectivity index (χ3n) is 1.06. The second kappa shape index (κ2) is 2.57. The summed E-state index contributed by atoms with van der Waals surface area (Å²) in [5, 5.41) is 9.99. The number of hydrogen-bond acceptors (Lipinski definition) is 3. The number of carboxylic acid groups (broad SMARTS) is 1. The highest BCUT2D eigenvalue weighted by Crippen LogP contribution is 2.02. The summed E-state index contributed by atoms with van der Waals surface area (Å²) in [4.78, 5) is 23.9. The highest BCUT2D eigenvalue weighted by atomic mass is 16.5. The van der Waals surface area contributed by atoms with E-state index >= 15 is 0 Å². The summed E-state index contributed by atoms with van der Waals surface area (Å²) in [6.45, 7) is 1.49.